The molecule has 0 bridgehead atoms. The normalized spacial score (nSPS) is 19.3. The molecule has 0 aliphatic heterocycles. The van der Waals surface area contributed by atoms with E-state index in [1.54, 1.807) is 11.9 Å². The molecule has 0 aromatic heterocycles. The van der Waals surface area contributed by atoms with Crippen molar-refractivity contribution in [2.45, 2.75) is 19.3 Å². The molecule has 13 heavy (non-hydrogen) atoms. The first-order valence-electron chi connectivity index (χ1n) is 4.73. The van der Waals surface area contributed by atoms with E-state index in [1.165, 1.54) is 0 Å². The van der Waals surface area contributed by atoms with Crippen LogP contribution in [0.1, 0.15) is 19.3 Å². The van der Waals surface area contributed by atoms with Gasteiger partial charge in [-0.2, -0.15) is 0 Å². The number of aliphatic hydroxyl groups excluding tert-OH is 1. The van der Waals surface area contributed by atoms with Crippen molar-refractivity contribution in [2.24, 2.45) is 11.1 Å². The highest BCUT2D eigenvalue weighted by Gasteiger charge is 2.44. The van der Waals surface area contributed by atoms with Crippen molar-refractivity contribution >= 4 is 5.91 Å². The molecule has 0 aromatic carbocycles. The molecular weight excluding hydrogens is 168 g/mol. The molecule has 0 saturated heterocycles. The molecule has 1 rings (SSSR count). The second-order valence-electron chi connectivity index (χ2n) is 3.79. The molecule has 0 atom stereocenters. The first kappa shape index (κ1) is 10.5. The molecule has 0 spiro atoms. The van der Waals surface area contributed by atoms with Crippen molar-refractivity contribution in [2.75, 3.05) is 26.7 Å². The largest absolute Gasteiger partial charge is 0.395 e. The van der Waals surface area contributed by atoms with Crippen molar-refractivity contribution in [1.82, 2.24) is 4.90 Å². The van der Waals surface area contributed by atoms with Gasteiger partial charge in [0.25, 0.3) is 0 Å². The number of hydrogen-bond acceptors (Lipinski definition) is 3. The van der Waals surface area contributed by atoms with E-state index in [-0.39, 0.29) is 17.9 Å². The smallest absolute Gasteiger partial charge is 0.229 e. The highest BCUT2D eigenvalue weighted by Crippen LogP contribution is 2.41. The van der Waals surface area contributed by atoms with Crippen molar-refractivity contribution in [3.05, 3.63) is 0 Å². The molecule has 1 saturated carbocycles. The van der Waals surface area contributed by atoms with Gasteiger partial charge in [0, 0.05) is 20.1 Å². The summed E-state index contributed by atoms with van der Waals surface area (Å²) in [5.41, 5.74) is 5.29. The molecule has 0 heterocycles. The van der Waals surface area contributed by atoms with E-state index in [0.717, 1.165) is 19.3 Å². The van der Waals surface area contributed by atoms with Gasteiger partial charge in [-0.15, -0.1) is 0 Å². The zero-order valence-electron chi connectivity index (χ0n) is 8.12. The number of nitrogens with zero attached hydrogens (tertiary/aromatic N) is 1. The second kappa shape index (κ2) is 4.07. The highest BCUT2D eigenvalue weighted by atomic mass is 16.3. The van der Waals surface area contributed by atoms with Crippen LogP contribution in [-0.2, 0) is 4.79 Å². The summed E-state index contributed by atoms with van der Waals surface area (Å²) >= 11 is 0. The average molecular weight is 186 g/mol. The molecule has 76 valence electrons. The fourth-order valence-corrected chi connectivity index (χ4v) is 1.77. The number of hydrogen-bond donors (Lipinski definition) is 2. The first-order chi connectivity index (χ1) is 6.16. The summed E-state index contributed by atoms with van der Waals surface area (Å²) in [6.45, 7) is 0.852. The summed E-state index contributed by atoms with van der Waals surface area (Å²) in [7, 11) is 1.72. The molecule has 0 unspecified atom stereocenters. The molecule has 1 aliphatic carbocycles. The van der Waals surface area contributed by atoms with Gasteiger partial charge < -0.3 is 15.7 Å². The van der Waals surface area contributed by atoms with Gasteiger partial charge in [-0.3, -0.25) is 4.79 Å². The van der Waals surface area contributed by atoms with Gasteiger partial charge in [0.15, 0.2) is 0 Å². The summed E-state index contributed by atoms with van der Waals surface area (Å²) in [6.07, 6.45) is 2.89. The van der Waals surface area contributed by atoms with Crippen LogP contribution in [0.5, 0.6) is 0 Å². The maximum Gasteiger partial charge on any atom is 0.229 e. The number of aliphatic hydroxyl groups is 1. The summed E-state index contributed by atoms with van der Waals surface area (Å²) in [6, 6.07) is 0. The number of amides is 1. The topological polar surface area (TPSA) is 66.6 Å². The number of carbonyl (C=O) groups is 1. The monoisotopic (exact) mass is 186 g/mol. The number of carbonyl (C=O) groups excluding carboxylic acids is 1. The first-order valence-corrected chi connectivity index (χ1v) is 4.73. The standard InChI is InChI=1S/C9H18N2O2/c1-11(5-6-12)8(13)9(7-10)3-2-4-9/h12H,2-7,10H2,1H3. The minimum atomic E-state index is -0.302. The maximum absolute atomic E-state index is 11.8. The Morgan fingerprint density at radius 2 is 2.23 bits per heavy atom. The molecule has 4 heteroatoms. The number of rotatable bonds is 4. The van der Waals surface area contributed by atoms with Gasteiger partial charge in [-0.05, 0) is 12.8 Å². The molecule has 0 aromatic rings. The lowest BCUT2D eigenvalue weighted by Gasteiger charge is -2.41. The average Bonchev–Trinajstić information content (AvgIpc) is 2.03. The Bertz CT molecular complexity index is 185. The summed E-state index contributed by atoms with van der Waals surface area (Å²) in [5, 5.41) is 8.69. The van der Waals surface area contributed by atoms with Crippen LogP contribution in [0.4, 0.5) is 0 Å². The fourth-order valence-electron chi connectivity index (χ4n) is 1.77. The lowest BCUT2D eigenvalue weighted by Crippen LogP contribution is -2.51. The van der Waals surface area contributed by atoms with Crippen LogP contribution in [0.2, 0.25) is 0 Å². The van der Waals surface area contributed by atoms with Crippen LogP contribution in [0.25, 0.3) is 0 Å². The van der Waals surface area contributed by atoms with Crippen molar-refractivity contribution in [3.63, 3.8) is 0 Å². The highest BCUT2D eigenvalue weighted by molar-refractivity contribution is 5.83. The number of likely N-dealkylation sites (N-methyl/N-ethyl adjacent to an activating group) is 1. The predicted molar refractivity (Wildman–Crippen MR) is 50.1 cm³/mol. The zero-order valence-corrected chi connectivity index (χ0v) is 8.12. The Morgan fingerprint density at radius 1 is 1.62 bits per heavy atom. The Kier molecular flexibility index (Phi) is 3.27. The van der Waals surface area contributed by atoms with Crippen LogP contribution < -0.4 is 5.73 Å². The lowest BCUT2D eigenvalue weighted by molar-refractivity contribution is -0.145. The Labute approximate surface area is 78.7 Å². The van der Waals surface area contributed by atoms with Crippen LogP contribution in [0.15, 0.2) is 0 Å². The minimum absolute atomic E-state index is 0.0168. The quantitative estimate of drug-likeness (QED) is 0.626. The molecule has 3 N–H and O–H groups in total. The van der Waals surface area contributed by atoms with Crippen LogP contribution in [0, 0.1) is 5.41 Å². The van der Waals surface area contributed by atoms with Gasteiger partial charge in [0.05, 0.1) is 12.0 Å². The Balaban J connectivity index is 2.54. The van der Waals surface area contributed by atoms with Crippen LogP contribution in [0.3, 0.4) is 0 Å². The third-order valence-electron chi connectivity index (χ3n) is 2.94. The molecule has 1 amide bonds. The van der Waals surface area contributed by atoms with Crippen LogP contribution >= 0.6 is 0 Å². The van der Waals surface area contributed by atoms with E-state index in [0.29, 0.717) is 13.1 Å². The summed E-state index contributed by atoms with van der Waals surface area (Å²) < 4.78 is 0. The van der Waals surface area contributed by atoms with Gasteiger partial charge in [-0.25, -0.2) is 0 Å². The zero-order chi connectivity index (χ0) is 9.90. The van der Waals surface area contributed by atoms with E-state index >= 15 is 0 Å². The lowest BCUT2D eigenvalue weighted by atomic mass is 9.68. The van der Waals surface area contributed by atoms with Gasteiger partial charge in [0.2, 0.25) is 5.91 Å². The molecular formula is C9H18N2O2. The van der Waals surface area contributed by atoms with Gasteiger partial charge >= 0.3 is 0 Å². The fraction of sp³-hybridized carbons (Fsp3) is 0.889. The Morgan fingerprint density at radius 3 is 2.54 bits per heavy atom. The Hall–Kier alpha value is -0.610. The van der Waals surface area contributed by atoms with E-state index in [9.17, 15) is 4.79 Å². The summed E-state index contributed by atoms with van der Waals surface area (Å²) in [4.78, 5) is 13.4. The van der Waals surface area contributed by atoms with E-state index in [1.807, 2.05) is 0 Å². The minimum Gasteiger partial charge on any atom is -0.395 e. The molecule has 1 aliphatic rings. The third-order valence-corrected chi connectivity index (χ3v) is 2.94. The van der Waals surface area contributed by atoms with Crippen molar-refractivity contribution in [3.8, 4) is 0 Å². The van der Waals surface area contributed by atoms with Crippen molar-refractivity contribution in [1.29, 1.82) is 0 Å². The van der Waals surface area contributed by atoms with Crippen molar-refractivity contribution < 1.29 is 9.90 Å². The third kappa shape index (κ3) is 1.84. The van der Waals surface area contributed by atoms with E-state index < -0.39 is 0 Å². The summed E-state index contributed by atoms with van der Waals surface area (Å²) in [5.74, 6) is 0.0929. The molecule has 0 radical (unpaired) electrons. The molecule has 4 nitrogen and oxygen atoms in total. The second-order valence-corrected chi connectivity index (χ2v) is 3.79. The number of nitrogens with two attached hydrogens (primary N) is 1. The van der Waals surface area contributed by atoms with E-state index in [4.69, 9.17) is 10.8 Å². The van der Waals surface area contributed by atoms with E-state index in [2.05, 4.69) is 0 Å². The van der Waals surface area contributed by atoms with Gasteiger partial charge in [0.1, 0.15) is 0 Å². The van der Waals surface area contributed by atoms with Crippen LogP contribution in [-0.4, -0.2) is 42.7 Å². The SMILES string of the molecule is CN(CCO)C(=O)C1(CN)CCC1. The van der Waals surface area contributed by atoms with Gasteiger partial charge in [-0.1, -0.05) is 6.42 Å². The maximum atomic E-state index is 11.8. The predicted octanol–water partition coefficient (Wildman–Crippen LogP) is -0.434. The molecule has 1 fully saturated rings.